The van der Waals surface area contributed by atoms with E-state index in [1.165, 1.54) is 0 Å². The van der Waals surface area contributed by atoms with Gasteiger partial charge in [-0.15, -0.1) is 6.42 Å². The van der Waals surface area contributed by atoms with Gasteiger partial charge in [-0.3, -0.25) is 14.7 Å². The summed E-state index contributed by atoms with van der Waals surface area (Å²) in [7, 11) is 3.81. The van der Waals surface area contributed by atoms with Crippen LogP contribution in [0.25, 0.3) is 10.9 Å². The van der Waals surface area contributed by atoms with Gasteiger partial charge in [0.1, 0.15) is 5.60 Å². The largest absolute Gasteiger partial charge is 0.378 e. The number of carbonyl (C=O) groups excluding carboxylic acids is 1. The minimum atomic E-state index is -1.02. The molecule has 8 nitrogen and oxygen atoms in total. The quantitative estimate of drug-likeness (QED) is 0.307. The van der Waals surface area contributed by atoms with Gasteiger partial charge in [0, 0.05) is 48.5 Å². The second-order valence-electron chi connectivity index (χ2n) is 9.60. The Morgan fingerprint density at radius 3 is 2.65 bits per heavy atom. The van der Waals surface area contributed by atoms with E-state index in [9.17, 15) is 15.1 Å². The molecule has 0 aliphatic heterocycles. The maximum absolute atomic E-state index is 13.1. The molecule has 0 radical (unpaired) electrons. The van der Waals surface area contributed by atoms with Crippen LogP contribution >= 0.6 is 0 Å². The first-order valence-corrected chi connectivity index (χ1v) is 11.6. The summed E-state index contributed by atoms with van der Waals surface area (Å²) in [6.07, 6.45) is 10.0. The van der Waals surface area contributed by atoms with Gasteiger partial charge in [-0.2, -0.15) is 5.10 Å². The van der Waals surface area contributed by atoms with Crippen molar-refractivity contribution in [1.29, 1.82) is 0 Å². The lowest BCUT2D eigenvalue weighted by Crippen LogP contribution is -2.43. The molecule has 0 saturated heterocycles. The Hall–Kier alpha value is -3.57. The average Bonchev–Trinajstić information content (AvgIpc) is 3.21. The van der Waals surface area contributed by atoms with Gasteiger partial charge in [0.05, 0.1) is 22.9 Å². The van der Waals surface area contributed by atoms with Gasteiger partial charge in [-0.05, 0) is 43.9 Å². The van der Waals surface area contributed by atoms with Crippen LogP contribution in [0.15, 0.2) is 36.5 Å². The molecular weight excluding hydrogens is 430 g/mol. The molecule has 4 rings (SSSR count). The molecule has 0 unspecified atom stereocenters. The topological polar surface area (TPSA) is 94.5 Å². The van der Waals surface area contributed by atoms with Gasteiger partial charge in [-0.25, -0.2) is 0 Å². The van der Waals surface area contributed by atoms with Crippen molar-refractivity contribution in [3.05, 3.63) is 47.9 Å². The van der Waals surface area contributed by atoms with Gasteiger partial charge in [-0.1, -0.05) is 19.8 Å². The number of aliphatic hydroxyl groups is 1. The molecule has 1 aliphatic carbocycles. The smallest absolute Gasteiger partial charge is 0.325 e. The van der Waals surface area contributed by atoms with E-state index in [-0.39, 0.29) is 17.7 Å². The van der Waals surface area contributed by atoms with Crippen LogP contribution in [0.3, 0.4) is 0 Å². The summed E-state index contributed by atoms with van der Waals surface area (Å²) in [5.74, 6) is 2.17. The lowest BCUT2D eigenvalue weighted by atomic mass is 9.83. The SMILES string of the molecule is C#C[C@]1(O)CC[C@H](n2cc3cc(NC(=O)c4cccc(C(C)C)[n+]4O)c(N(C)C)cc3n2)CC1. The Bertz CT molecular complexity index is 1260. The van der Waals surface area contributed by atoms with Crippen molar-refractivity contribution in [2.24, 2.45) is 0 Å². The number of aromatic nitrogens is 3. The number of terminal acetylenes is 1. The highest BCUT2D eigenvalue weighted by atomic mass is 16.5. The Morgan fingerprint density at radius 1 is 1.32 bits per heavy atom. The lowest BCUT2D eigenvalue weighted by molar-refractivity contribution is -0.911. The van der Waals surface area contributed by atoms with Crippen molar-refractivity contribution in [2.45, 2.75) is 57.1 Å². The number of anilines is 2. The summed E-state index contributed by atoms with van der Waals surface area (Å²) >= 11 is 0. The zero-order valence-corrected chi connectivity index (χ0v) is 20.1. The maximum atomic E-state index is 13.1. The number of hydrogen-bond donors (Lipinski definition) is 3. The number of rotatable bonds is 5. The summed E-state index contributed by atoms with van der Waals surface area (Å²) in [5.41, 5.74) is 2.05. The van der Waals surface area contributed by atoms with Crippen LogP contribution in [-0.4, -0.2) is 45.7 Å². The van der Waals surface area contributed by atoms with Crippen LogP contribution in [0.1, 0.15) is 67.7 Å². The van der Waals surface area contributed by atoms with Gasteiger partial charge >= 0.3 is 11.6 Å². The monoisotopic (exact) mass is 462 g/mol. The molecule has 2 aromatic heterocycles. The molecule has 8 heteroatoms. The molecule has 2 heterocycles. The van der Waals surface area contributed by atoms with E-state index < -0.39 is 11.5 Å². The molecule has 3 N–H and O–H groups in total. The highest BCUT2D eigenvalue weighted by Gasteiger charge is 2.32. The second kappa shape index (κ2) is 8.99. The van der Waals surface area contributed by atoms with Crippen molar-refractivity contribution in [3.8, 4) is 12.3 Å². The second-order valence-corrected chi connectivity index (χ2v) is 9.60. The van der Waals surface area contributed by atoms with Crippen molar-refractivity contribution >= 4 is 28.2 Å². The van der Waals surface area contributed by atoms with E-state index in [2.05, 4.69) is 11.2 Å². The van der Waals surface area contributed by atoms with Crippen LogP contribution in [0, 0.1) is 12.3 Å². The zero-order valence-electron chi connectivity index (χ0n) is 20.1. The first kappa shape index (κ1) is 23.6. The Morgan fingerprint density at radius 2 is 2.03 bits per heavy atom. The predicted molar refractivity (Wildman–Crippen MR) is 131 cm³/mol. The summed E-state index contributed by atoms with van der Waals surface area (Å²) in [5, 5.41) is 29.5. The molecule has 178 valence electrons. The molecule has 1 aromatic carbocycles. The Labute approximate surface area is 199 Å². The molecule has 1 amide bonds. The summed E-state index contributed by atoms with van der Waals surface area (Å²) in [4.78, 5) is 15.0. The number of fused-ring (bicyclic) bond motifs is 1. The predicted octanol–water partition coefficient (Wildman–Crippen LogP) is 3.48. The summed E-state index contributed by atoms with van der Waals surface area (Å²) in [6.45, 7) is 3.91. The van der Waals surface area contributed by atoms with E-state index in [4.69, 9.17) is 11.5 Å². The zero-order chi connectivity index (χ0) is 24.6. The van der Waals surface area contributed by atoms with Crippen LogP contribution in [0.2, 0.25) is 0 Å². The minimum Gasteiger partial charge on any atom is -0.378 e. The van der Waals surface area contributed by atoms with E-state index in [0.717, 1.165) is 34.2 Å². The summed E-state index contributed by atoms with van der Waals surface area (Å²) < 4.78 is 2.89. The molecule has 1 aliphatic rings. The van der Waals surface area contributed by atoms with Crippen LogP contribution in [0.4, 0.5) is 11.4 Å². The first-order chi connectivity index (χ1) is 16.1. The fourth-order valence-corrected chi connectivity index (χ4v) is 4.54. The lowest BCUT2D eigenvalue weighted by Gasteiger charge is -2.32. The van der Waals surface area contributed by atoms with Crippen LogP contribution in [0.5, 0.6) is 0 Å². The van der Waals surface area contributed by atoms with E-state index in [0.29, 0.717) is 24.2 Å². The maximum Gasteiger partial charge on any atom is 0.325 e. The Balaban J connectivity index is 1.64. The number of nitrogens with one attached hydrogen (secondary N) is 1. The van der Waals surface area contributed by atoms with Gasteiger partial charge < -0.3 is 15.3 Å². The molecule has 34 heavy (non-hydrogen) atoms. The van der Waals surface area contributed by atoms with Crippen molar-refractivity contribution in [2.75, 3.05) is 24.3 Å². The Kier molecular flexibility index (Phi) is 6.24. The number of amides is 1. The first-order valence-electron chi connectivity index (χ1n) is 11.6. The normalized spacial score (nSPS) is 20.3. The standard InChI is InChI=1S/C26H31N5O3/c1-6-26(33)12-10-19(11-13-26)30-16-18-14-21(24(29(4)5)15-20(18)28-30)27-25(32)23-9-7-8-22(17(2)3)31(23)34/h1,7-9,14-17,19,33H,10-13H2,2-5H3,(H-,27,32,34)/p+1/t19-,26-. The molecule has 1 fully saturated rings. The number of nitrogens with zero attached hydrogens (tertiary/aromatic N) is 4. The van der Waals surface area contributed by atoms with E-state index in [1.807, 2.05) is 55.9 Å². The third-order valence-corrected chi connectivity index (χ3v) is 6.61. The van der Waals surface area contributed by atoms with Crippen LogP contribution in [-0.2, 0) is 0 Å². The number of carbonyl (C=O) groups is 1. The fourth-order valence-electron chi connectivity index (χ4n) is 4.54. The minimum absolute atomic E-state index is 0.0636. The molecular formula is C26H32N5O3+. The fraction of sp³-hybridized carbons (Fsp3) is 0.423. The molecule has 0 bridgehead atoms. The average molecular weight is 463 g/mol. The van der Waals surface area contributed by atoms with Gasteiger partial charge in [0.15, 0.2) is 0 Å². The summed E-state index contributed by atoms with van der Waals surface area (Å²) in [6, 6.07) is 9.16. The molecule has 1 saturated carbocycles. The molecule has 0 atom stereocenters. The highest BCUT2D eigenvalue weighted by Crippen LogP contribution is 2.36. The third kappa shape index (κ3) is 4.44. The van der Waals surface area contributed by atoms with E-state index >= 15 is 0 Å². The molecule has 0 spiro atoms. The van der Waals surface area contributed by atoms with E-state index in [1.54, 1.807) is 18.2 Å². The van der Waals surface area contributed by atoms with Gasteiger partial charge in [0.2, 0.25) is 5.69 Å². The van der Waals surface area contributed by atoms with Crippen LogP contribution < -0.4 is 14.9 Å². The highest BCUT2D eigenvalue weighted by molar-refractivity contribution is 6.05. The number of benzene rings is 1. The van der Waals surface area contributed by atoms with Crippen molar-refractivity contribution < 1.29 is 19.8 Å². The third-order valence-electron chi connectivity index (χ3n) is 6.61. The number of hydrogen-bond acceptors (Lipinski definition) is 5. The molecule has 3 aromatic rings. The van der Waals surface area contributed by atoms with Gasteiger partial charge in [0.25, 0.3) is 0 Å². The van der Waals surface area contributed by atoms with Crippen molar-refractivity contribution in [1.82, 2.24) is 9.78 Å². The number of pyridine rings is 1. The van der Waals surface area contributed by atoms with Crippen molar-refractivity contribution in [3.63, 3.8) is 0 Å².